The lowest BCUT2D eigenvalue weighted by atomic mass is 10.2. The van der Waals surface area contributed by atoms with E-state index in [-0.39, 0.29) is 12.5 Å². The third-order valence-corrected chi connectivity index (χ3v) is 3.87. The molecule has 0 aromatic heterocycles. The van der Waals surface area contributed by atoms with Crippen LogP contribution in [0.4, 0.5) is 11.4 Å². The zero-order valence-corrected chi connectivity index (χ0v) is 14.5. The molecule has 26 heavy (non-hydrogen) atoms. The molecule has 0 fully saturated rings. The fourth-order valence-electron chi connectivity index (χ4n) is 2.51. The molecule has 0 unspecified atom stereocenters. The van der Waals surface area contributed by atoms with Crippen LogP contribution in [0.5, 0.6) is 5.75 Å². The maximum Gasteiger partial charge on any atom is 0.243 e. The molecule has 3 aromatic rings. The molecule has 0 aliphatic heterocycles. The minimum Gasteiger partial charge on any atom is -0.493 e. The lowest BCUT2D eigenvalue weighted by molar-refractivity contribution is -0.114. The number of para-hydroxylation sites is 1. The summed E-state index contributed by atoms with van der Waals surface area (Å²) in [4.78, 5) is 12.0. The smallest absolute Gasteiger partial charge is 0.243 e. The number of carbonyl (C=O) groups is 1. The molecule has 4 heteroatoms. The summed E-state index contributed by atoms with van der Waals surface area (Å²) >= 11 is 0. The van der Waals surface area contributed by atoms with Gasteiger partial charge in [-0.05, 0) is 42.0 Å². The molecule has 0 saturated heterocycles. The van der Waals surface area contributed by atoms with Crippen molar-refractivity contribution in [1.82, 2.24) is 0 Å². The second kappa shape index (κ2) is 9.28. The van der Waals surface area contributed by atoms with E-state index in [1.54, 1.807) is 0 Å². The van der Waals surface area contributed by atoms with E-state index >= 15 is 0 Å². The second-order valence-corrected chi connectivity index (χ2v) is 5.88. The fourth-order valence-corrected chi connectivity index (χ4v) is 2.51. The van der Waals surface area contributed by atoms with Gasteiger partial charge in [-0.3, -0.25) is 4.79 Å². The Bertz CT molecular complexity index is 803. The van der Waals surface area contributed by atoms with Crippen LogP contribution in [0.2, 0.25) is 0 Å². The normalized spacial score (nSPS) is 10.2. The summed E-state index contributed by atoms with van der Waals surface area (Å²) < 4.78 is 5.75. The Hall–Kier alpha value is -3.27. The molecule has 0 aliphatic rings. The fraction of sp³-hybridized carbons (Fsp3) is 0.136. The van der Waals surface area contributed by atoms with Gasteiger partial charge in [0.25, 0.3) is 0 Å². The van der Waals surface area contributed by atoms with Crippen LogP contribution in [-0.4, -0.2) is 19.1 Å². The number of hydrogen-bond donors (Lipinski definition) is 2. The molecule has 0 radical (unpaired) electrons. The first-order valence-electron chi connectivity index (χ1n) is 8.65. The van der Waals surface area contributed by atoms with Crippen LogP contribution in [0.3, 0.4) is 0 Å². The van der Waals surface area contributed by atoms with E-state index in [0.717, 1.165) is 23.5 Å². The predicted octanol–water partition coefficient (Wildman–Crippen LogP) is 4.36. The van der Waals surface area contributed by atoms with E-state index in [9.17, 15) is 4.79 Å². The van der Waals surface area contributed by atoms with Gasteiger partial charge in [0.1, 0.15) is 5.75 Å². The number of carbonyl (C=O) groups excluding carboxylic acids is 1. The molecular formula is C22H22N2O2. The Morgan fingerprint density at radius 1 is 0.769 bits per heavy atom. The largest absolute Gasteiger partial charge is 0.493 e. The summed E-state index contributed by atoms with van der Waals surface area (Å²) in [6, 6.07) is 27.3. The van der Waals surface area contributed by atoms with Crippen LogP contribution in [0.25, 0.3) is 0 Å². The highest BCUT2D eigenvalue weighted by Crippen LogP contribution is 2.16. The maximum atomic E-state index is 12.0. The van der Waals surface area contributed by atoms with Gasteiger partial charge in [0.15, 0.2) is 0 Å². The number of nitrogens with one attached hydrogen (secondary N) is 2. The van der Waals surface area contributed by atoms with Gasteiger partial charge >= 0.3 is 0 Å². The molecule has 0 saturated carbocycles. The Morgan fingerprint density at radius 3 is 2.12 bits per heavy atom. The van der Waals surface area contributed by atoms with E-state index in [1.807, 2.05) is 72.8 Å². The quantitative estimate of drug-likeness (QED) is 0.637. The van der Waals surface area contributed by atoms with Crippen molar-refractivity contribution in [2.24, 2.45) is 0 Å². The van der Waals surface area contributed by atoms with Crippen molar-refractivity contribution >= 4 is 17.3 Å². The van der Waals surface area contributed by atoms with E-state index in [2.05, 4.69) is 22.8 Å². The first kappa shape index (κ1) is 17.5. The SMILES string of the molecule is O=C(CNc1ccccc1)Nc1ccc(OCCc2ccccc2)cc1. The molecule has 2 N–H and O–H groups in total. The van der Waals surface area contributed by atoms with E-state index < -0.39 is 0 Å². The zero-order chi connectivity index (χ0) is 18.0. The number of hydrogen-bond acceptors (Lipinski definition) is 3. The highest BCUT2D eigenvalue weighted by Gasteiger charge is 2.03. The first-order valence-corrected chi connectivity index (χ1v) is 8.65. The summed E-state index contributed by atoms with van der Waals surface area (Å²) in [7, 11) is 0. The van der Waals surface area contributed by atoms with Gasteiger partial charge in [-0.25, -0.2) is 0 Å². The molecule has 0 atom stereocenters. The van der Waals surface area contributed by atoms with E-state index in [1.165, 1.54) is 5.56 Å². The minimum absolute atomic E-state index is 0.0911. The second-order valence-electron chi connectivity index (χ2n) is 5.88. The Balaban J connectivity index is 1.41. The van der Waals surface area contributed by atoms with Gasteiger partial charge in [0, 0.05) is 17.8 Å². The van der Waals surface area contributed by atoms with Crippen LogP contribution in [0.1, 0.15) is 5.56 Å². The number of ether oxygens (including phenoxy) is 1. The van der Waals surface area contributed by atoms with Gasteiger partial charge in [-0.15, -0.1) is 0 Å². The minimum atomic E-state index is -0.0911. The Kier molecular flexibility index (Phi) is 6.26. The molecule has 0 heterocycles. The van der Waals surface area contributed by atoms with Gasteiger partial charge in [-0.1, -0.05) is 48.5 Å². The van der Waals surface area contributed by atoms with Crippen molar-refractivity contribution in [1.29, 1.82) is 0 Å². The van der Waals surface area contributed by atoms with Crippen LogP contribution < -0.4 is 15.4 Å². The summed E-state index contributed by atoms with van der Waals surface area (Å²) in [5, 5.41) is 5.95. The molecule has 3 aromatic carbocycles. The van der Waals surface area contributed by atoms with E-state index in [0.29, 0.717) is 6.61 Å². The van der Waals surface area contributed by atoms with E-state index in [4.69, 9.17) is 4.74 Å². The van der Waals surface area contributed by atoms with Crippen LogP contribution >= 0.6 is 0 Å². The third-order valence-electron chi connectivity index (χ3n) is 3.87. The van der Waals surface area contributed by atoms with Gasteiger partial charge in [0.2, 0.25) is 5.91 Å². The van der Waals surface area contributed by atoms with Crippen molar-refractivity contribution < 1.29 is 9.53 Å². The average Bonchev–Trinajstić information content (AvgIpc) is 2.69. The average molecular weight is 346 g/mol. The molecule has 132 valence electrons. The standard InChI is InChI=1S/C22H22N2O2/c25-22(17-23-19-9-5-2-6-10-19)24-20-11-13-21(14-12-20)26-16-15-18-7-3-1-4-8-18/h1-14,23H,15-17H2,(H,24,25). The molecule has 1 amide bonds. The predicted molar refractivity (Wildman–Crippen MR) is 106 cm³/mol. The molecular weight excluding hydrogens is 324 g/mol. The van der Waals surface area contributed by atoms with Crippen molar-refractivity contribution in [2.45, 2.75) is 6.42 Å². The molecule has 3 rings (SSSR count). The summed E-state index contributed by atoms with van der Waals surface area (Å²) in [6.07, 6.45) is 0.866. The van der Waals surface area contributed by atoms with Crippen LogP contribution in [-0.2, 0) is 11.2 Å². The lowest BCUT2D eigenvalue weighted by Gasteiger charge is -2.09. The summed E-state index contributed by atoms with van der Waals surface area (Å²) in [5.41, 5.74) is 2.92. The number of rotatable bonds is 8. The maximum absolute atomic E-state index is 12.0. The Labute approximate surface area is 153 Å². The highest BCUT2D eigenvalue weighted by atomic mass is 16.5. The third kappa shape index (κ3) is 5.67. The van der Waals surface area contributed by atoms with Gasteiger partial charge in [0.05, 0.1) is 13.2 Å². The Morgan fingerprint density at radius 2 is 1.42 bits per heavy atom. The van der Waals surface area contributed by atoms with Crippen molar-refractivity contribution in [2.75, 3.05) is 23.8 Å². The van der Waals surface area contributed by atoms with Crippen molar-refractivity contribution in [3.05, 3.63) is 90.5 Å². The molecule has 4 nitrogen and oxygen atoms in total. The monoisotopic (exact) mass is 346 g/mol. The number of anilines is 2. The summed E-state index contributed by atoms with van der Waals surface area (Å²) in [6.45, 7) is 0.843. The zero-order valence-electron chi connectivity index (χ0n) is 14.5. The van der Waals surface area contributed by atoms with Crippen molar-refractivity contribution in [3.8, 4) is 5.75 Å². The summed E-state index contributed by atoms with van der Waals surface area (Å²) in [5.74, 6) is 0.702. The molecule has 0 spiro atoms. The van der Waals surface area contributed by atoms with Gasteiger partial charge < -0.3 is 15.4 Å². The van der Waals surface area contributed by atoms with Crippen molar-refractivity contribution in [3.63, 3.8) is 0 Å². The first-order chi connectivity index (χ1) is 12.8. The van der Waals surface area contributed by atoms with Crippen LogP contribution in [0.15, 0.2) is 84.9 Å². The number of amides is 1. The van der Waals surface area contributed by atoms with Gasteiger partial charge in [-0.2, -0.15) is 0 Å². The molecule has 0 bridgehead atoms. The number of benzene rings is 3. The highest BCUT2D eigenvalue weighted by molar-refractivity contribution is 5.93. The van der Waals surface area contributed by atoms with Crippen LogP contribution in [0, 0.1) is 0 Å². The molecule has 0 aliphatic carbocycles. The topological polar surface area (TPSA) is 50.4 Å². The lowest BCUT2D eigenvalue weighted by Crippen LogP contribution is -2.21.